The molecule has 1 fully saturated rings. The maximum absolute atomic E-state index is 13.5. The first-order valence-corrected chi connectivity index (χ1v) is 34.8. The van der Waals surface area contributed by atoms with Gasteiger partial charge < -0.3 is 33.5 Å². The van der Waals surface area contributed by atoms with E-state index in [-0.39, 0.29) is 80.8 Å². The number of rotatable bonds is 48. The van der Waals surface area contributed by atoms with Crippen molar-refractivity contribution < 1.29 is 52.5 Å². The van der Waals surface area contributed by atoms with Crippen LogP contribution in [0.25, 0.3) is 11.0 Å². The Morgan fingerprint density at radius 3 is 1.64 bits per heavy atom. The predicted molar refractivity (Wildman–Crippen MR) is 351 cm³/mol. The van der Waals surface area contributed by atoms with Crippen LogP contribution in [0.1, 0.15) is 282 Å². The topological polar surface area (TPSA) is 210 Å². The van der Waals surface area contributed by atoms with Crippen molar-refractivity contribution in [1.29, 1.82) is 5.26 Å². The summed E-state index contributed by atoms with van der Waals surface area (Å²) in [5.41, 5.74) is 2.60. The molecule has 1 amide bonds. The van der Waals surface area contributed by atoms with Crippen LogP contribution in [0, 0.1) is 37.0 Å². The third-order valence-electron chi connectivity index (χ3n) is 17.6. The van der Waals surface area contributed by atoms with E-state index in [4.69, 9.17) is 28.9 Å². The van der Waals surface area contributed by atoms with Crippen LogP contribution < -0.4 is 9.64 Å². The molecule has 498 valence electrons. The number of nitriles is 1. The average Bonchev–Trinajstić information content (AvgIpc) is 1.77. The highest BCUT2D eigenvalue weighted by molar-refractivity contribution is 5.93. The van der Waals surface area contributed by atoms with Gasteiger partial charge in [0, 0.05) is 52.0 Å². The second-order valence-electron chi connectivity index (χ2n) is 25.6. The summed E-state index contributed by atoms with van der Waals surface area (Å²) in [7, 11) is 1.92. The second kappa shape index (κ2) is 45.2. The minimum Gasteiger partial charge on any atom is -0.462 e. The third kappa shape index (κ3) is 30.5. The lowest BCUT2D eigenvalue weighted by atomic mass is 9.92. The molecular formula is C72H114N6O11. The van der Waals surface area contributed by atoms with Gasteiger partial charge in [0.1, 0.15) is 44.1 Å². The summed E-state index contributed by atoms with van der Waals surface area (Å²) >= 11 is 0. The van der Waals surface area contributed by atoms with Crippen molar-refractivity contribution in [2.75, 3.05) is 38.3 Å². The summed E-state index contributed by atoms with van der Waals surface area (Å²) in [6.07, 6.45) is 38.9. The zero-order valence-electron chi connectivity index (χ0n) is 56.1. The van der Waals surface area contributed by atoms with Crippen LogP contribution in [-0.2, 0) is 49.5 Å². The van der Waals surface area contributed by atoms with Gasteiger partial charge in [-0.2, -0.15) is 5.26 Å². The molecule has 0 N–H and O–H groups in total. The van der Waals surface area contributed by atoms with Crippen LogP contribution in [0.3, 0.4) is 0 Å². The molecule has 1 aliphatic heterocycles. The Hall–Kier alpha value is -6.05. The molecule has 1 saturated heterocycles. The third-order valence-corrected chi connectivity index (χ3v) is 17.6. The minimum atomic E-state index is -0.879. The van der Waals surface area contributed by atoms with Gasteiger partial charge in [-0.25, -0.2) is 19.3 Å². The number of aryl methyl sites for hydroxylation is 2. The molecule has 3 aromatic rings. The van der Waals surface area contributed by atoms with E-state index in [0.717, 1.165) is 87.3 Å². The van der Waals surface area contributed by atoms with Gasteiger partial charge in [0.25, 0.3) is 0 Å². The minimum absolute atomic E-state index is 0.0216. The van der Waals surface area contributed by atoms with Gasteiger partial charge in [-0.15, -0.1) is 0 Å². The number of benzene rings is 1. The Balaban J connectivity index is 1.14. The first kappa shape index (κ1) is 75.4. The number of ether oxygens (including phenoxy) is 5. The lowest BCUT2D eigenvalue weighted by Crippen LogP contribution is -2.52. The van der Waals surface area contributed by atoms with Crippen LogP contribution in [-0.4, -0.2) is 101 Å². The number of nitrogens with zero attached hydrogens (tertiary/aromatic N) is 6. The van der Waals surface area contributed by atoms with Crippen LogP contribution in [0.15, 0.2) is 30.7 Å². The monoisotopic (exact) mass is 1240 g/mol. The fraction of sp³-hybridized carbons (Fsp3) is 0.736. The number of likely N-dealkylation sites (tertiary alicyclic amines) is 1. The van der Waals surface area contributed by atoms with Gasteiger partial charge in [-0.05, 0) is 86.3 Å². The number of carbonyl (C=O) groups excluding carboxylic acids is 6. The van der Waals surface area contributed by atoms with Crippen molar-refractivity contribution in [3.05, 3.63) is 47.4 Å². The summed E-state index contributed by atoms with van der Waals surface area (Å²) in [4.78, 5) is 90.7. The molecule has 3 atom stereocenters. The summed E-state index contributed by atoms with van der Waals surface area (Å²) < 4.78 is 30.0. The van der Waals surface area contributed by atoms with Crippen molar-refractivity contribution in [3.63, 3.8) is 0 Å². The number of anilines is 1. The van der Waals surface area contributed by atoms with Crippen LogP contribution in [0.4, 0.5) is 10.6 Å². The Morgan fingerprint density at radius 2 is 1.13 bits per heavy atom. The van der Waals surface area contributed by atoms with E-state index in [0.29, 0.717) is 55.0 Å². The summed E-state index contributed by atoms with van der Waals surface area (Å²) in [6.45, 7) is 13.1. The molecule has 17 nitrogen and oxygen atoms in total. The molecule has 89 heavy (non-hydrogen) atoms. The number of unbranched alkanes of at least 4 members (excludes halogenated alkanes) is 27. The molecular weight excluding hydrogens is 1120 g/mol. The molecule has 1 aromatic carbocycles. The van der Waals surface area contributed by atoms with Crippen molar-refractivity contribution >= 4 is 52.7 Å². The quantitative estimate of drug-likeness (QED) is 0.0223. The number of likely N-dealkylation sites (N-methyl/N-ethyl adjacent to an activating group) is 1. The zero-order chi connectivity index (χ0) is 64.4. The molecule has 17 heteroatoms. The number of amides is 1. The number of carbonyl (C=O) groups is 6. The van der Waals surface area contributed by atoms with Crippen molar-refractivity contribution in [2.24, 2.45) is 11.8 Å². The number of aromatic nitrogens is 3. The summed E-state index contributed by atoms with van der Waals surface area (Å²) in [5, 5.41) is 9.74. The highest BCUT2D eigenvalue weighted by Crippen LogP contribution is 2.31. The molecule has 3 heterocycles. The van der Waals surface area contributed by atoms with Crippen LogP contribution in [0.2, 0.25) is 0 Å². The van der Waals surface area contributed by atoms with Gasteiger partial charge in [-0.3, -0.25) is 24.0 Å². The van der Waals surface area contributed by atoms with E-state index in [9.17, 15) is 28.8 Å². The summed E-state index contributed by atoms with van der Waals surface area (Å²) in [5.74, 6) is -0.209. The SMILES string of the molecule is CCCCCCCCCCCCCCCC(=O)OCC(COC(=O)CCCCCCCCCCCCCCC)OC(=O)CC(C)CCCCCCC(=O)Oc1c(C)cc(COC(=O)n2ccc3c(N(C)[C@H]4CN(C(=O)CC#N)CC[C@H]4C)ncnc32)cc1C. The average molecular weight is 1240 g/mol. The molecule has 4 rings (SSSR count). The van der Waals surface area contributed by atoms with Gasteiger partial charge in [0.15, 0.2) is 11.8 Å². The van der Waals surface area contributed by atoms with Gasteiger partial charge >= 0.3 is 30.0 Å². The maximum atomic E-state index is 13.5. The number of hydrogen-bond donors (Lipinski definition) is 0. The normalized spacial score (nSPS) is 14.3. The van der Waals surface area contributed by atoms with E-state index < -0.39 is 18.2 Å². The van der Waals surface area contributed by atoms with E-state index in [1.54, 1.807) is 17.2 Å². The van der Waals surface area contributed by atoms with E-state index in [1.165, 1.54) is 139 Å². The van der Waals surface area contributed by atoms with E-state index in [2.05, 4.69) is 30.7 Å². The Morgan fingerprint density at radius 1 is 0.652 bits per heavy atom. The zero-order valence-corrected chi connectivity index (χ0v) is 56.1. The lowest BCUT2D eigenvalue weighted by molar-refractivity contribution is -0.167. The highest BCUT2D eigenvalue weighted by atomic mass is 16.6. The standard InChI is InChI=1S/C72H114N6O11/c1-8-10-12-14-16-18-20-22-24-26-28-30-35-39-65(80)85-53-61(54-86-66(81)40-36-31-29-27-25-23-21-19-17-15-13-11-9-2)88-68(83)48-56(3)38-34-32-33-37-41-67(82)89-69-58(5)49-60(50-59(69)6)52-87-72(84)78-47-44-62-70(74-55-75-71(62)78)76(7)63-51-77(46-43-57(63)4)64(79)42-45-73/h44,47,49-50,55-57,61,63H,8-43,46,48,51-54H2,1-7H3/t56?,57-,63+/m1/s1. The fourth-order valence-corrected chi connectivity index (χ4v) is 12.1. The smallest absolute Gasteiger partial charge is 0.420 e. The van der Waals surface area contributed by atoms with Crippen molar-refractivity contribution in [1.82, 2.24) is 19.4 Å². The van der Waals surface area contributed by atoms with Gasteiger partial charge in [0.2, 0.25) is 5.91 Å². The molecule has 0 saturated carbocycles. The maximum Gasteiger partial charge on any atom is 0.420 e. The first-order valence-electron chi connectivity index (χ1n) is 34.8. The molecule has 1 unspecified atom stereocenters. The van der Waals surface area contributed by atoms with Crippen molar-refractivity contribution in [3.8, 4) is 11.8 Å². The predicted octanol–water partition coefficient (Wildman–Crippen LogP) is 17.1. The molecule has 0 aliphatic carbocycles. The number of esters is 4. The van der Waals surface area contributed by atoms with E-state index >= 15 is 0 Å². The molecule has 0 bridgehead atoms. The lowest BCUT2D eigenvalue weighted by Gasteiger charge is -2.42. The van der Waals surface area contributed by atoms with Crippen LogP contribution in [0.5, 0.6) is 5.75 Å². The molecule has 0 spiro atoms. The van der Waals surface area contributed by atoms with Gasteiger partial charge in [-0.1, -0.05) is 207 Å². The fourth-order valence-electron chi connectivity index (χ4n) is 12.1. The molecule has 2 aromatic heterocycles. The number of piperidine rings is 1. The summed E-state index contributed by atoms with van der Waals surface area (Å²) in [6, 6.07) is 7.36. The Bertz CT molecular complexity index is 2510. The molecule has 1 aliphatic rings. The first-order chi connectivity index (χ1) is 43.1. The van der Waals surface area contributed by atoms with Crippen molar-refractivity contribution in [2.45, 2.75) is 298 Å². The highest BCUT2D eigenvalue weighted by Gasteiger charge is 2.33. The Labute approximate surface area is 534 Å². The number of hydrogen-bond acceptors (Lipinski definition) is 15. The van der Waals surface area contributed by atoms with Gasteiger partial charge in [0.05, 0.1) is 17.5 Å². The largest absolute Gasteiger partial charge is 0.462 e. The van der Waals surface area contributed by atoms with E-state index in [1.807, 2.05) is 50.9 Å². The Kier molecular flexibility index (Phi) is 38.3. The number of fused-ring (bicyclic) bond motifs is 1. The molecule has 0 radical (unpaired) electrons. The second-order valence-corrected chi connectivity index (χ2v) is 25.6. The van der Waals surface area contributed by atoms with Crippen LogP contribution >= 0.6 is 0 Å².